The number of aryl methyl sites for hydroxylation is 3. The van der Waals surface area contributed by atoms with Crippen LogP contribution in [0.5, 0.6) is 0 Å². The number of ketones is 1. The molecule has 1 unspecified atom stereocenters. The number of aliphatic hydroxyl groups is 1. The normalized spacial score (nSPS) is 16.4. The molecule has 0 saturated heterocycles. The van der Waals surface area contributed by atoms with E-state index in [2.05, 4.69) is 4.98 Å². The Hall–Kier alpha value is -4.06. The lowest BCUT2D eigenvalue weighted by molar-refractivity contribution is -0.117. The zero-order valence-corrected chi connectivity index (χ0v) is 18.0. The van der Waals surface area contributed by atoms with Crippen LogP contribution in [0.2, 0.25) is 0 Å². The summed E-state index contributed by atoms with van der Waals surface area (Å²) in [5.74, 6) is -1.61. The number of rotatable bonds is 4. The Labute approximate surface area is 184 Å². The molecule has 6 nitrogen and oxygen atoms in total. The van der Waals surface area contributed by atoms with Crippen molar-refractivity contribution in [1.29, 1.82) is 0 Å². The summed E-state index contributed by atoms with van der Waals surface area (Å²) in [5, 5.41) is 11.8. The van der Waals surface area contributed by atoms with Crippen LogP contribution in [0.15, 0.2) is 76.6 Å². The molecule has 4 aromatic rings. The van der Waals surface area contributed by atoms with Gasteiger partial charge in [0.2, 0.25) is 5.78 Å². The van der Waals surface area contributed by atoms with Crippen molar-refractivity contribution in [1.82, 2.24) is 4.98 Å². The number of hydrogen-bond donors (Lipinski definition) is 2. The number of Topliss-reactive ketones (excluding diaryl/α,β-unsaturated/α-hetero) is 1. The summed E-state index contributed by atoms with van der Waals surface area (Å²) in [6.45, 7) is 5.81. The van der Waals surface area contributed by atoms with E-state index in [0.717, 1.165) is 33.3 Å². The molecule has 0 saturated carbocycles. The van der Waals surface area contributed by atoms with Crippen LogP contribution in [0.25, 0.3) is 10.9 Å². The molecule has 1 atom stereocenters. The number of fused-ring (bicyclic) bond motifs is 1. The minimum absolute atomic E-state index is 0.0111. The van der Waals surface area contributed by atoms with E-state index in [4.69, 9.17) is 4.42 Å². The number of nitrogens with zero attached hydrogens (tertiary/aromatic N) is 1. The third kappa shape index (κ3) is 2.95. The van der Waals surface area contributed by atoms with Crippen LogP contribution < -0.4 is 4.90 Å². The topological polar surface area (TPSA) is 86.5 Å². The fourth-order valence-electron chi connectivity index (χ4n) is 4.66. The Balaban J connectivity index is 1.79. The molecular formula is C26H22N2O4. The van der Waals surface area contributed by atoms with Gasteiger partial charge in [0.15, 0.2) is 11.5 Å². The van der Waals surface area contributed by atoms with Gasteiger partial charge < -0.3 is 14.5 Å². The minimum Gasteiger partial charge on any atom is -0.503 e. The molecule has 1 aliphatic rings. The SMILES string of the molecule is Cc1cc(C)cc(N2C(=O)C(O)=C(C(=O)c3ccco3)C2c2c(C)[nH]c3ccccc23)c1. The second kappa shape index (κ2) is 7.27. The van der Waals surface area contributed by atoms with E-state index in [-0.39, 0.29) is 11.3 Å². The fourth-order valence-corrected chi connectivity index (χ4v) is 4.66. The van der Waals surface area contributed by atoms with Gasteiger partial charge in [0.1, 0.15) is 0 Å². The average Bonchev–Trinajstić information content (AvgIpc) is 3.44. The molecule has 0 spiro atoms. The van der Waals surface area contributed by atoms with Crippen LogP contribution in [0, 0.1) is 20.8 Å². The second-order valence-corrected chi connectivity index (χ2v) is 8.20. The van der Waals surface area contributed by atoms with E-state index >= 15 is 0 Å². The van der Waals surface area contributed by atoms with Crippen LogP contribution in [-0.2, 0) is 4.79 Å². The first-order chi connectivity index (χ1) is 15.4. The van der Waals surface area contributed by atoms with Gasteiger partial charge in [-0.05, 0) is 62.2 Å². The molecular weight excluding hydrogens is 404 g/mol. The number of aliphatic hydroxyl groups excluding tert-OH is 1. The molecule has 2 aromatic carbocycles. The van der Waals surface area contributed by atoms with Crippen LogP contribution in [0.4, 0.5) is 5.69 Å². The number of carbonyl (C=O) groups excluding carboxylic acids is 2. The molecule has 1 aliphatic heterocycles. The van der Waals surface area contributed by atoms with Gasteiger partial charge in [0.05, 0.1) is 17.9 Å². The lowest BCUT2D eigenvalue weighted by Gasteiger charge is -2.27. The van der Waals surface area contributed by atoms with Crippen LogP contribution in [0.3, 0.4) is 0 Å². The average molecular weight is 426 g/mol. The number of aromatic amines is 1. The molecule has 0 radical (unpaired) electrons. The Morgan fingerprint density at radius 2 is 1.75 bits per heavy atom. The van der Waals surface area contributed by atoms with Gasteiger partial charge in [0, 0.05) is 27.8 Å². The molecule has 1 amide bonds. The van der Waals surface area contributed by atoms with Crippen molar-refractivity contribution < 1.29 is 19.1 Å². The van der Waals surface area contributed by atoms with Crippen LogP contribution in [-0.4, -0.2) is 21.8 Å². The highest BCUT2D eigenvalue weighted by molar-refractivity contribution is 6.20. The molecule has 2 N–H and O–H groups in total. The number of hydrogen-bond acceptors (Lipinski definition) is 4. The number of anilines is 1. The summed E-state index contributed by atoms with van der Waals surface area (Å²) < 4.78 is 5.32. The highest BCUT2D eigenvalue weighted by atomic mass is 16.3. The second-order valence-electron chi connectivity index (χ2n) is 8.20. The first-order valence-electron chi connectivity index (χ1n) is 10.4. The zero-order chi connectivity index (χ0) is 22.6. The maximum atomic E-state index is 13.4. The summed E-state index contributed by atoms with van der Waals surface area (Å²) in [6.07, 6.45) is 1.40. The quantitative estimate of drug-likeness (QED) is 0.424. The van der Waals surface area contributed by atoms with E-state index in [1.54, 1.807) is 6.07 Å². The largest absolute Gasteiger partial charge is 0.503 e. The Morgan fingerprint density at radius 1 is 1.03 bits per heavy atom. The molecule has 0 aliphatic carbocycles. The van der Waals surface area contributed by atoms with Gasteiger partial charge >= 0.3 is 0 Å². The highest BCUT2D eigenvalue weighted by Gasteiger charge is 2.46. The van der Waals surface area contributed by atoms with Gasteiger partial charge in [0.25, 0.3) is 5.91 Å². The summed E-state index contributed by atoms with van der Waals surface area (Å²) in [7, 11) is 0. The number of H-pyrrole nitrogens is 1. The molecule has 6 heteroatoms. The van der Waals surface area contributed by atoms with Crippen molar-refractivity contribution in [2.45, 2.75) is 26.8 Å². The monoisotopic (exact) mass is 426 g/mol. The minimum atomic E-state index is -0.808. The fraction of sp³-hybridized carbons (Fsp3) is 0.154. The number of aromatic nitrogens is 1. The van der Waals surface area contributed by atoms with E-state index in [9.17, 15) is 14.7 Å². The summed E-state index contributed by atoms with van der Waals surface area (Å²) in [5.41, 5.74) is 5.07. The van der Waals surface area contributed by atoms with Crippen molar-refractivity contribution in [3.05, 3.63) is 100 Å². The van der Waals surface area contributed by atoms with E-state index in [1.165, 1.54) is 17.2 Å². The Bertz CT molecular complexity index is 1390. The third-order valence-electron chi connectivity index (χ3n) is 5.90. The number of furan rings is 1. The first kappa shape index (κ1) is 19.9. The van der Waals surface area contributed by atoms with E-state index in [0.29, 0.717) is 5.69 Å². The Kier molecular flexibility index (Phi) is 4.51. The number of nitrogens with one attached hydrogen (secondary N) is 1. The van der Waals surface area contributed by atoms with Gasteiger partial charge in [-0.25, -0.2) is 0 Å². The van der Waals surface area contributed by atoms with E-state index in [1.807, 2.05) is 63.2 Å². The molecule has 3 heterocycles. The van der Waals surface area contributed by atoms with Gasteiger partial charge in [-0.1, -0.05) is 24.3 Å². The maximum absolute atomic E-state index is 13.4. The predicted molar refractivity (Wildman–Crippen MR) is 122 cm³/mol. The highest BCUT2D eigenvalue weighted by Crippen LogP contribution is 2.45. The molecule has 5 rings (SSSR count). The van der Waals surface area contributed by atoms with Gasteiger partial charge in [-0.15, -0.1) is 0 Å². The molecule has 160 valence electrons. The number of para-hydroxylation sites is 1. The third-order valence-corrected chi connectivity index (χ3v) is 5.90. The van der Waals surface area contributed by atoms with Gasteiger partial charge in [-0.3, -0.25) is 14.5 Å². The summed E-state index contributed by atoms with van der Waals surface area (Å²) in [4.78, 5) is 31.7. The first-order valence-corrected chi connectivity index (χ1v) is 10.4. The molecule has 0 bridgehead atoms. The molecule has 2 aromatic heterocycles. The molecule has 32 heavy (non-hydrogen) atoms. The lowest BCUT2D eigenvalue weighted by atomic mass is 9.92. The van der Waals surface area contributed by atoms with Gasteiger partial charge in [-0.2, -0.15) is 0 Å². The van der Waals surface area contributed by atoms with Crippen LogP contribution in [0.1, 0.15) is 39.0 Å². The van der Waals surface area contributed by atoms with Crippen LogP contribution >= 0.6 is 0 Å². The number of carbonyl (C=O) groups is 2. The maximum Gasteiger partial charge on any atom is 0.294 e. The zero-order valence-electron chi connectivity index (χ0n) is 18.0. The Morgan fingerprint density at radius 3 is 2.44 bits per heavy atom. The molecule has 0 fully saturated rings. The summed E-state index contributed by atoms with van der Waals surface area (Å²) in [6, 6.07) is 15.8. The number of benzene rings is 2. The van der Waals surface area contributed by atoms with Crippen molar-refractivity contribution in [2.24, 2.45) is 0 Å². The van der Waals surface area contributed by atoms with E-state index < -0.39 is 23.5 Å². The standard InChI is InChI=1S/C26H22N2O4/c1-14-11-15(2)13-17(12-14)28-23(21-16(3)27-19-8-5-4-7-18(19)21)22(25(30)26(28)31)24(29)20-9-6-10-32-20/h4-13,23,27,30H,1-3H3. The van der Waals surface area contributed by atoms with Crippen molar-refractivity contribution in [3.63, 3.8) is 0 Å². The van der Waals surface area contributed by atoms with Crippen molar-refractivity contribution in [2.75, 3.05) is 4.90 Å². The number of amides is 1. The smallest absolute Gasteiger partial charge is 0.294 e. The summed E-state index contributed by atoms with van der Waals surface area (Å²) >= 11 is 0. The predicted octanol–water partition coefficient (Wildman–Crippen LogP) is 5.47. The van der Waals surface area contributed by atoms with Crippen molar-refractivity contribution >= 4 is 28.3 Å². The lowest BCUT2D eigenvalue weighted by Crippen LogP contribution is -2.31. The van der Waals surface area contributed by atoms with Crippen molar-refractivity contribution in [3.8, 4) is 0 Å².